The minimum absolute atomic E-state index is 0.609. The lowest BCUT2D eigenvalue weighted by atomic mass is 9.96. The SMILES string of the molecule is CC1=CC=CCC=C1C(=N)c1ccccc1. The van der Waals surface area contributed by atoms with Crippen LogP contribution in [0.2, 0.25) is 0 Å². The molecule has 0 fully saturated rings. The highest BCUT2D eigenvalue weighted by Crippen LogP contribution is 2.19. The van der Waals surface area contributed by atoms with Gasteiger partial charge in [-0.05, 0) is 30.1 Å². The Morgan fingerprint density at radius 2 is 1.94 bits per heavy atom. The average Bonchev–Trinajstić information content (AvgIpc) is 2.54. The minimum Gasteiger partial charge on any atom is -0.300 e. The summed E-state index contributed by atoms with van der Waals surface area (Å²) in [4.78, 5) is 0. The van der Waals surface area contributed by atoms with Crippen molar-refractivity contribution in [3.8, 4) is 0 Å². The number of rotatable bonds is 2. The van der Waals surface area contributed by atoms with Gasteiger partial charge in [-0.1, -0.05) is 54.6 Å². The van der Waals surface area contributed by atoms with Gasteiger partial charge >= 0.3 is 0 Å². The number of hydrogen-bond donors (Lipinski definition) is 1. The molecule has 0 spiro atoms. The Bertz CT molecular complexity index is 475. The van der Waals surface area contributed by atoms with Crippen molar-refractivity contribution in [3.05, 3.63) is 71.3 Å². The molecule has 0 heterocycles. The zero-order valence-electron chi connectivity index (χ0n) is 9.40. The van der Waals surface area contributed by atoms with Crippen molar-refractivity contribution in [2.75, 3.05) is 0 Å². The summed E-state index contributed by atoms with van der Waals surface area (Å²) in [6.07, 6.45) is 9.24. The molecule has 0 unspecified atom stereocenters. The fraction of sp³-hybridized carbons (Fsp3) is 0.133. The maximum Gasteiger partial charge on any atom is 0.0684 e. The molecule has 1 N–H and O–H groups in total. The number of benzene rings is 1. The van der Waals surface area contributed by atoms with Gasteiger partial charge in [-0.2, -0.15) is 0 Å². The molecule has 16 heavy (non-hydrogen) atoms. The predicted octanol–water partition coefficient (Wildman–Crippen LogP) is 3.89. The summed E-state index contributed by atoms with van der Waals surface area (Å²) >= 11 is 0. The summed E-state index contributed by atoms with van der Waals surface area (Å²) < 4.78 is 0. The molecule has 2 rings (SSSR count). The normalized spacial score (nSPS) is 15.1. The van der Waals surface area contributed by atoms with E-state index in [0.29, 0.717) is 5.71 Å². The van der Waals surface area contributed by atoms with Crippen LogP contribution >= 0.6 is 0 Å². The maximum atomic E-state index is 8.21. The smallest absolute Gasteiger partial charge is 0.0684 e. The van der Waals surface area contributed by atoms with Crippen LogP contribution in [-0.2, 0) is 0 Å². The summed E-state index contributed by atoms with van der Waals surface area (Å²) in [7, 11) is 0. The first kappa shape index (κ1) is 10.6. The molecule has 0 saturated heterocycles. The Labute approximate surface area is 96.3 Å². The van der Waals surface area contributed by atoms with Crippen LogP contribution in [0.3, 0.4) is 0 Å². The third-order valence-corrected chi connectivity index (χ3v) is 2.70. The van der Waals surface area contributed by atoms with E-state index in [1.165, 1.54) is 0 Å². The van der Waals surface area contributed by atoms with Gasteiger partial charge in [0.25, 0.3) is 0 Å². The highest BCUT2D eigenvalue weighted by molar-refractivity contribution is 6.13. The Kier molecular flexibility index (Phi) is 3.16. The molecular formula is C15H15N. The summed E-state index contributed by atoms with van der Waals surface area (Å²) in [5, 5.41) is 8.21. The molecule has 0 aromatic heterocycles. The molecule has 1 heteroatoms. The average molecular weight is 209 g/mol. The second kappa shape index (κ2) is 4.75. The highest BCUT2D eigenvalue weighted by Gasteiger charge is 2.09. The first-order valence-corrected chi connectivity index (χ1v) is 5.47. The Hall–Kier alpha value is -1.89. The van der Waals surface area contributed by atoms with Gasteiger partial charge in [0, 0.05) is 0 Å². The number of nitrogens with one attached hydrogen (secondary N) is 1. The van der Waals surface area contributed by atoms with Crippen LogP contribution in [0.25, 0.3) is 0 Å². The quantitative estimate of drug-likeness (QED) is 0.714. The summed E-state index contributed by atoms with van der Waals surface area (Å²) in [6, 6.07) is 9.88. The highest BCUT2D eigenvalue weighted by atomic mass is 14.4. The van der Waals surface area contributed by atoms with Gasteiger partial charge in [-0.3, -0.25) is 5.41 Å². The largest absolute Gasteiger partial charge is 0.300 e. The van der Waals surface area contributed by atoms with Gasteiger partial charge in [0.15, 0.2) is 0 Å². The van der Waals surface area contributed by atoms with Crippen LogP contribution < -0.4 is 0 Å². The van der Waals surface area contributed by atoms with Crippen molar-refractivity contribution in [1.82, 2.24) is 0 Å². The molecule has 0 aliphatic heterocycles. The molecular weight excluding hydrogens is 194 g/mol. The van der Waals surface area contributed by atoms with E-state index in [4.69, 9.17) is 5.41 Å². The topological polar surface area (TPSA) is 23.9 Å². The van der Waals surface area contributed by atoms with Crippen LogP contribution in [0.1, 0.15) is 18.9 Å². The van der Waals surface area contributed by atoms with Crippen molar-refractivity contribution < 1.29 is 0 Å². The van der Waals surface area contributed by atoms with Crippen molar-refractivity contribution >= 4 is 5.71 Å². The van der Waals surface area contributed by atoms with E-state index in [2.05, 4.69) is 31.2 Å². The molecule has 1 aliphatic carbocycles. The first-order valence-electron chi connectivity index (χ1n) is 5.47. The maximum absolute atomic E-state index is 8.21. The molecule has 0 radical (unpaired) electrons. The zero-order chi connectivity index (χ0) is 11.4. The fourth-order valence-corrected chi connectivity index (χ4v) is 1.79. The molecule has 1 nitrogen and oxygen atoms in total. The molecule has 80 valence electrons. The predicted molar refractivity (Wildman–Crippen MR) is 68.9 cm³/mol. The third-order valence-electron chi connectivity index (χ3n) is 2.70. The lowest BCUT2D eigenvalue weighted by Gasteiger charge is -2.09. The Balaban J connectivity index is 2.33. The van der Waals surface area contributed by atoms with E-state index < -0.39 is 0 Å². The van der Waals surface area contributed by atoms with Crippen LogP contribution in [0.5, 0.6) is 0 Å². The second-order valence-corrected chi connectivity index (χ2v) is 3.87. The van der Waals surface area contributed by atoms with E-state index in [-0.39, 0.29) is 0 Å². The number of hydrogen-bond acceptors (Lipinski definition) is 1. The standard InChI is InChI=1S/C15H15N/c1-12-8-4-2-7-11-14(12)15(16)13-9-5-3-6-10-13/h2-6,8-11,16H,7H2,1H3. The van der Waals surface area contributed by atoms with E-state index in [1.54, 1.807) is 0 Å². The van der Waals surface area contributed by atoms with Crippen molar-refractivity contribution in [1.29, 1.82) is 5.41 Å². The van der Waals surface area contributed by atoms with E-state index in [1.807, 2.05) is 30.3 Å². The lowest BCUT2D eigenvalue weighted by Crippen LogP contribution is -2.04. The minimum atomic E-state index is 0.609. The zero-order valence-corrected chi connectivity index (χ0v) is 9.40. The van der Waals surface area contributed by atoms with E-state index in [0.717, 1.165) is 23.1 Å². The fourth-order valence-electron chi connectivity index (χ4n) is 1.79. The van der Waals surface area contributed by atoms with Crippen molar-refractivity contribution in [2.45, 2.75) is 13.3 Å². The molecule has 1 aromatic rings. The monoisotopic (exact) mass is 209 g/mol. The first-order chi connectivity index (χ1) is 7.79. The Morgan fingerprint density at radius 3 is 2.69 bits per heavy atom. The van der Waals surface area contributed by atoms with E-state index >= 15 is 0 Å². The van der Waals surface area contributed by atoms with Gasteiger partial charge < -0.3 is 0 Å². The lowest BCUT2D eigenvalue weighted by molar-refractivity contribution is 1.34. The van der Waals surface area contributed by atoms with Gasteiger partial charge in [-0.15, -0.1) is 0 Å². The summed E-state index contributed by atoms with van der Waals surface area (Å²) in [6.45, 7) is 2.05. The van der Waals surface area contributed by atoms with Gasteiger partial charge in [0.1, 0.15) is 0 Å². The van der Waals surface area contributed by atoms with Crippen LogP contribution in [0.4, 0.5) is 0 Å². The second-order valence-electron chi connectivity index (χ2n) is 3.87. The summed E-state index contributed by atoms with van der Waals surface area (Å²) in [5.74, 6) is 0. The Morgan fingerprint density at radius 1 is 1.19 bits per heavy atom. The van der Waals surface area contributed by atoms with E-state index in [9.17, 15) is 0 Å². The van der Waals surface area contributed by atoms with Gasteiger partial charge in [-0.25, -0.2) is 0 Å². The number of allylic oxidation sites excluding steroid dienone is 6. The third kappa shape index (κ3) is 2.19. The molecule has 0 bridgehead atoms. The van der Waals surface area contributed by atoms with Crippen LogP contribution in [0, 0.1) is 5.41 Å². The van der Waals surface area contributed by atoms with Gasteiger partial charge in [0.2, 0.25) is 0 Å². The van der Waals surface area contributed by atoms with Crippen LogP contribution in [-0.4, -0.2) is 5.71 Å². The summed E-state index contributed by atoms with van der Waals surface area (Å²) in [5.41, 5.74) is 3.78. The molecule has 0 saturated carbocycles. The molecule has 0 amide bonds. The van der Waals surface area contributed by atoms with Gasteiger partial charge in [0.05, 0.1) is 5.71 Å². The molecule has 1 aliphatic rings. The van der Waals surface area contributed by atoms with Crippen LogP contribution in [0.15, 0.2) is 65.8 Å². The van der Waals surface area contributed by atoms with Crippen molar-refractivity contribution in [2.24, 2.45) is 0 Å². The molecule has 0 atom stereocenters. The molecule has 1 aromatic carbocycles. The van der Waals surface area contributed by atoms with Crippen molar-refractivity contribution in [3.63, 3.8) is 0 Å².